The largest absolute Gasteiger partial charge is 0.472 e. The van der Waals surface area contributed by atoms with Crippen molar-refractivity contribution in [3.63, 3.8) is 0 Å². The average molecular weight is 1300 g/mol. The number of aliphatic hydroxyl groups is 1. The molecule has 2 unspecified atom stereocenters. The van der Waals surface area contributed by atoms with Crippen LogP contribution in [0, 0.1) is 5.92 Å². The Kier molecular flexibility index (Phi) is 61.1. The molecule has 0 saturated carbocycles. The van der Waals surface area contributed by atoms with Gasteiger partial charge >= 0.3 is 39.5 Å². The minimum Gasteiger partial charge on any atom is -0.462 e. The summed E-state index contributed by atoms with van der Waals surface area (Å²) in [6, 6.07) is 0. The Balaban J connectivity index is 5.14. The molecule has 0 aromatic rings. The van der Waals surface area contributed by atoms with Crippen LogP contribution in [0.4, 0.5) is 0 Å². The smallest absolute Gasteiger partial charge is 0.462 e. The molecule has 0 aliphatic carbocycles. The molecule has 88 heavy (non-hydrogen) atoms. The lowest BCUT2D eigenvalue weighted by Gasteiger charge is -2.21. The van der Waals surface area contributed by atoms with Crippen LogP contribution >= 0.6 is 15.6 Å². The normalized spacial score (nSPS) is 14.1. The Bertz CT molecular complexity index is 1700. The van der Waals surface area contributed by atoms with E-state index in [0.717, 1.165) is 109 Å². The first-order chi connectivity index (χ1) is 42.5. The first kappa shape index (κ1) is 86.1. The van der Waals surface area contributed by atoms with E-state index in [1.54, 1.807) is 0 Å². The lowest BCUT2D eigenvalue weighted by molar-refractivity contribution is -0.161. The molecule has 0 saturated heterocycles. The summed E-state index contributed by atoms with van der Waals surface area (Å²) in [5.74, 6) is -1.40. The number of hydrogen-bond acceptors (Lipinski definition) is 15. The quantitative estimate of drug-likeness (QED) is 0.0222. The predicted octanol–water partition coefficient (Wildman–Crippen LogP) is 19.7. The zero-order valence-electron chi connectivity index (χ0n) is 56.9. The van der Waals surface area contributed by atoms with Crippen LogP contribution in [0.25, 0.3) is 0 Å². The number of aliphatic hydroxyl groups excluding tert-OH is 1. The molecule has 0 rings (SSSR count). The van der Waals surface area contributed by atoms with Crippen LogP contribution in [0.5, 0.6) is 0 Å². The molecule has 19 heteroatoms. The van der Waals surface area contributed by atoms with Crippen molar-refractivity contribution in [2.75, 3.05) is 39.6 Å². The molecule has 0 aliphatic rings. The maximum atomic E-state index is 13.0. The summed E-state index contributed by atoms with van der Waals surface area (Å²) >= 11 is 0. The van der Waals surface area contributed by atoms with Crippen molar-refractivity contribution in [3.05, 3.63) is 0 Å². The van der Waals surface area contributed by atoms with Gasteiger partial charge in [0, 0.05) is 25.7 Å². The van der Waals surface area contributed by atoms with E-state index < -0.39 is 97.5 Å². The van der Waals surface area contributed by atoms with Crippen LogP contribution in [0.1, 0.15) is 356 Å². The van der Waals surface area contributed by atoms with E-state index in [4.69, 9.17) is 37.0 Å². The van der Waals surface area contributed by atoms with E-state index in [9.17, 15) is 43.2 Å². The molecule has 0 fully saturated rings. The molecule has 0 spiro atoms. The molecular formula is C69H134O17P2. The van der Waals surface area contributed by atoms with Crippen LogP contribution in [0.2, 0.25) is 0 Å². The monoisotopic (exact) mass is 1300 g/mol. The van der Waals surface area contributed by atoms with Crippen molar-refractivity contribution in [3.8, 4) is 0 Å². The second-order valence-electron chi connectivity index (χ2n) is 25.4. The third-order valence-electron chi connectivity index (χ3n) is 16.0. The number of rotatable bonds is 69. The number of carbonyl (C=O) groups excluding carboxylic acids is 4. The lowest BCUT2D eigenvalue weighted by Crippen LogP contribution is -2.30. The predicted molar refractivity (Wildman–Crippen MR) is 354 cm³/mol. The number of hydrogen-bond donors (Lipinski definition) is 3. The summed E-state index contributed by atoms with van der Waals surface area (Å²) in [6.45, 7) is 7.15. The molecule has 0 heterocycles. The summed E-state index contributed by atoms with van der Waals surface area (Å²) < 4.78 is 68.1. The van der Waals surface area contributed by atoms with Gasteiger partial charge in [-0.15, -0.1) is 0 Å². The van der Waals surface area contributed by atoms with Crippen molar-refractivity contribution in [2.24, 2.45) is 5.92 Å². The van der Waals surface area contributed by atoms with Gasteiger partial charge in [0.25, 0.3) is 0 Å². The van der Waals surface area contributed by atoms with Gasteiger partial charge in [-0.25, -0.2) is 9.13 Å². The van der Waals surface area contributed by atoms with E-state index in [-0.39, 0.29) is 25.7 Å². The molecule has 3 N–H and O–H groups in total. The van der Waals surface area contributed by atoms with Crippen molar-refractivity contribution < 1.29 is 80.2 Å². The standard InChI is InChI=1S/C69H134O17P2/c1-6-9-12-15-18-20-22-23-24-25-26-27-28-29-30-31-33-40-45-50-55-69(74)86-65(59-80-67(72)53-48-43-38-35-34-37-41-46-51-62(4)5)61-84-88(77,78)82-57-63(70)56-81-87(75,76)83-60-64(58-79-66(71)52-47-42-36-17-14-11-8-3)85-68(73)54-49-44-39-32-21-19-16-13-10-7-2/h62-65,70H,6-61H2,1-5H3,(H,75,76)(H,77,78)/t63-,64+,65+/m0/s1. The highest BCUT2D eigenvalue weighted by atomic mass is 31.2. The van der Waals surface area contributed by atoms with Gasteiger partial charge in [0.05, 0.1) is 26.4 Å². The molecule has 0 radical (unpaired) electrons. The minimum atomic E-state index is -4.95. The van der Waals surface area contributed by atoms with Crippen LogP contribution in [0.3, 0.4) is 0 Å². The Morgan fingerprint density at radius 3 is 0.773 bits per heavy atom. The summed E-state index contributed by atoms with van der Waals surface area (Å²) in [6.07, 6.45) is 48.9. The van der Waals surface area contributed by atoms with E-state index in [0.29, 0.717) is 25.7 Å². The second kappa shape index (κ2) is 62.5. The summed E-state index contributed by atoms with van der Waals surface area (Å²) in [4.78, 5) is 72.3. The van der Waals surface area contributed by atoms with Crippen molar-refractivity contribution in [1.29, 1.82) is 0 Å². The molecule has 0 aromatic heterocycles. The number of phosphoric ester groups is 2. The maximum absolute atomic E-state index is 13.0. The van der Waals surface area contributed by atoms with Gasteiger partial charge in [-0.05, 0) is 31.6 Å². The van der Waals surface area contributed by atoms with Gasteiger partial charge in [0.1, 0.15) is 19.3 Å². The Morgan fingerprint density at radius 2 is 0.523 bits per heavy atom. The van der Waals surface area contributed by atoms with Crippen LogP contribution < -0.4 is 0 Å². The Hall–Kier alpha value is -1.94. The highest BCUT2D eigenvalue weighted by Gasteiger charge is 2.30. The molecule has 0 aliphatic heterocycles. The topological polar surface area (TPSA) is 237 Å². The zero-order valence-corrected chi connectivity index (χ0v) is 58.6. The van der Waals surface area contributed by atoms with Crippen molar-refractivity contribution >= 4 is 39.5 Å². The molecule has 0 amide bonds. The highest BCUT2D eigenvalue weighted by Crippen LogP contribution is 2.45. The Labute approximate surface area is 537 Å². The van der Waals surface area contributed by atoms with Gasteiger partial charge in [0.15, 0.2) is 12.2 Å². The molecular weight excluding hydrogens is 1160 g/mol. The zero-order chi connectivity index (χ0) is 64.9. The van der Waals surface area contributed by atoms with Crippen LogP contribution in [-0.4, -0.2) is 96.7 Å². The molecule has 5 atom stereocenters. The fourth-order valence-electron chi connectivity index (χ4n) is 10.5. The molecule has 0 bridgehead atoms. The number of phosphoric acid groups is 2. The SMILES string of the molecule is CCCCCCCCCCCCCCCCCCCCCCC(=O)O[C@H](COC(=O)CCCCCCCCCCC(C)C)COP(=O)(O)OC[C@@H](O)COP(=O)(O)OC[C@@H](COC(=O)CCCCCCCCC)OC(=O)CCCCCCCCCCCC. The summed E-state index contributed by atoms with van der Waals surface area (Å²) in [7, 11) is -9.89. The Morgan fingerprint density at radius 1 is 0.307 bits per heavy atom. The minimum absolute atomic E-state index is 0.106. The van der Waals surface area contributed by atoms with E-state index in [1.165, 1.54) is 167 Å². The number of esters is 4. The molecule has 17 nitrogen and oxygen atoms in total. The van der Waals surface area contributed by atoms with E-state index in [2.05, 4.69) is 34.6 Å². The summed E-state index contributed by atoms with van der Waals surface area (Å²) in [5.41, 5.74) is 0. The highest BCUT2D eigenvalue weighted by molar-refractivity contribution is 7.47. The van der Waals surface area contributed by atoms with Crippen LogP contribution in [0.15, 0.2) is 0 Å². The first-order valence-corrected chi connectivity index (χ1v) is 39.1. The third kappa shape index (κ3) is 62.8. The molecule has 0 aromatic carbocycles. The fraction of sp³-hybridized carbons (Fsp3) is 0.942. The first-order valence-electron chi connectivity index (χ1n) is 36.1. The van der Waals surface area contributed by atoms with Gasteiger partial charge in [-0.3, -0.25) is 37.3 Å². The van der Waals surface area contributed by atoms with Gasteiger partial charge in [0.2, 0.25) is 0 Å². The lowest BCUT2D eigenvalue weighted by atomic mass is 10.0. The molecule has 522 valence electrons. The van der Waals surface area contributed by atoms with E-state index >= 15 is 0 Å². The number of carbonyl (C=O) groups is 4. The number of unbranched alkanes of at least 4 members (excludes halogenated alkanes) is 41. The van der Waals surface area contributed by atoms with E-state index in [1.807, 2.05) is 0 Å². The van der Waals surface area contributed by atoms with Gasteiger partial charge in [-0.1, -0.05) is 304 Å². The van der Waals surface area contributed by atoms with Crippen molar-refractivity contribution in [1.82, 2.24) is 0 Å². The van der Waals surface area contributed by atoms with Crippen LogP contribution in [-0.2, 0) is 65.4 Å². The van der Waals surface area contributed by atoms with Gasteiger partial charge < -0.3 is 33.8 Å². The summed E-state index contributed by atoms with van der Waals surface area (Å²) in [5, 5.41) is 10.6. The second-order valence-corrected chi connectivity index (χ2v) is 28.3. The van der Waals surface area contributed by atoms with Crippen molar-refractivity contribution in [2.45, 2.75) is 374 Å². The van der Waals surface area contributed by atoms with Gasteiger partial charge in [-0.2, -0.15) is 0 Å². The maximum Gasteiger partial charge on any atom is 0.472 e. The number of ether oxygens (including phenoxy) is 4. The fourth-order valence-corrected chi connectivity index (χ4v) is 12.0. The third-order valence-corrected chi connectivity index (χ3v) is 17.9. The average Bonchev–Trinajstić information content (AvgIpc) is 3.69.